The molecule has 0 aliphatic carbocycles. The molecule has 1 aliphatic heterocycles. The molecule has 0 spiro atoms. The number of unbranched alkanes of at least 4 members (excludes halogenated alkanes) is 1. The Balaban J connectivity index is 1.99. The molecule has 1 amide bonds. The molecule has 0 bridgehead atoms. The predicted molar refractivity (Wildman–Crippen MR) is 119 cm³/mol. The standard InChI is InChI=1S/C24H35N3O2/c1-7-8-13-27(18-15-23(2,3)26-24(4,5)16-18)22(28)20-14-17-11-9-10-12-19(17)21(25-20)29-6/h9-12,14,18,26H,7-8,13,15-16H2,1-6H3. The van der Waals surface area contributed by atoms with Crippen LogP contribution in [-0.2, 0) is 0 Å². The van der Waals surface area contributed by atoms with Gasteiger partial charge in [-0.15, -0.1) is 0 Å². The van der Waals surface area contributed by atoms with Crippen molar-refractivity contribution >= 4 is 16.7 Å². The maximum atomic E-state index is 13.7. The minimum Gasteiger partial charge on any atom is -0.481 e. The Bertz CT molecular complexity index is 860. The zero-order chi connectivity index (χ0) is 21.2. The molecule has 0 atom stereocenters. The number of ether oxygens (including phenoxy) is 1. The molecule has 5 heteroatoms. The van der Waals surface area contributed by atoms with E-state index in [2.05, 4.69) is 49.8 Å². The number of nitrogens with one attached hydrogen (secondary N) is 1. The lowest BCUT2D eigenvalue weighted by Crippen LogP contribution is -2.63. The molecular weight excluding hydrogens is 362 g/mol. The van der Waals surface area contributed by atoms with Gasteiger partial charge in [-0.25, -0.2) is 4.98 Å². The molecule has 2 aromatic rings. The van der Waals surface area contributed by atoms with Crippen molar-refractivity contribution in [3.8, 4) is 5.88 Å². The molecule has 0 saturated carbocycles. The lowest BCUT2D eigenvalue weighted by molar-refractivity contribution is 0.0436. The zero-order valence-corrected chi connectivity index (χ0v) is 18.7. The quantitative estimate of drug-likeness (QED) is 0.761. The van der Waals surface area contributed by atoms with E-state index < -0.39 is 0 Å². The summed E-state index contributed by atoms with van der Waals surface area (Å²) in [5, 5.41) is 5.62. The van der Waals surface area contributed by atoms with Gasteiger partial charge in [-0.3, -0.25) is 4.79 Å². The van der Waals surface area contributed by atoms with Gasteiger partial charge in [0.1, 0.15) is 5.69 Å². The minimum atomic E-state index is -0.0222. The summed E-state index contributed by atoms with van der Waals surface area (Å²) in [4.78, 5) is 20.3. The first-order valence-electron chi connectivity index (χ1n) is 10.7. The predicted octanol–water partition coefficient (Wildman–Crippen LogP) is 4.79. The molecule has 158 valence electrons. The molecule has 1 saturated heterocycles. The summed E-state index contributed by atoms with van der Waals surface area (Å²) in [6, 6.07) is 9.99. The first kappa shape index (κ1) is 21.6. The van der Waals surface area contributed by atoms with Crippen LogP contribution >= 0.6 is 0 Å². The van der Waals surface area contributed by atoms with Gasteiger partial charge in [0, 0.05) is 29.1 Å². The van der Waals surface area contributed by atoms with Crippen molar-refractivity contribution in [3.63, 3.8) is 0 Å². The Kier molecular flexibility index (Phi) is 6.18. The Hall–Kier alpha value is -2.14. The van der Waals surface area contributed by atoms with Crippen LogP contribution < -0.4 is 10.1 Å². The van der Waals surface area contributed by atoms with Crippen LogP contribution in [0.3, 0.4) is 0 Å². The largest absolute Gasteiger partial charge is 0.481 e. The molecule has 29 heavy (non-hydrogen) atoms. The number of methoxy groups -OCH3 is 1. The molecule has 1 aromatic heterocycles. The molecular formula is C24H35N3O2. The van der Waals surface area contributed by atoms with Crippen molar-refractivity contribution in [1.82, 2.24) is 15.2 Å². The Labute approximate surface area is 174 Å². The third-order valence-electron chi connectivity index (χ3n) is 5.74. The summed E-state index contributed by atoms with van der Waals surface area (Å²) in [6.45, 7) is 11.8. The highest BCUT2D eigenvalue weighted by Gasteiger charge is 2.41. The highest BCUT2D eigenvalue weighted by molar-refractivity contribution is 5.98. The topological polar surface area (TPSA) is 54.5 Å². The van der Waals surface area contributed by atoms with E-state index in [1.807, 2.05) is 30.3 Å². The minimum absolute atomic E-state index is 0.000929. The monoisotopic (exact) mass is 397 g/mol. The van der Waals surface area contributed by atoms with Crippen molar-refractivity contribution in [2.75, 3.05) is 13.7 Å². The molecule has 5 nitrogen and oxygen atoms in total. The van der Waals surface area contributed by atoms with Crippen molar-refractivity contribution in [2.45, 2.75) is 77.4 Å². The van der Waals surface area contributed by atoms with Gasteiger partial charge in [0.15, 0.2) is 0 Å². The van der Waals surface area contributed by atoms with E-state index in [1.54, 1.807) is 7.11 Å². The van der Waals surface area contributed by atoms with E-state index >= 15 is 0 Å². The summed E-state index contributed by atoms with van der Waals surface area (Å²) in [5.41, 5.74) is 0.419. The molecule has 1 aromatic carbocycles. The number of pyridine rings is 1. The number of hydrogen-bond acceptors (Lipinski definition) is 4. The van der Waals surface area contributed by atoms with Crippen LogP contribution in [0.25, 0.3) is 10.8 Å². The van der Waals surface area contributed by atoms with E-state index in [0.717, 1.165) is 43.0 Å². The van der Waals surface area contributed by atoms with Crippen molar-refractivity contribution in [3.05, 3.63) is 36.0 Å². The van der Waals surface area contributed by atoms with E-state index in [9.17, 15) is 4.79 Å². The molecule has 1 N–H and O–H groups in total. The maximum Gasteiger partial charge on any atom is 0.272 e. The van der Waals surface area contributed by atoms with Crippen LogP contribution in [0.5, 0.6) is 5.88 Å². The number of hydrogen-bond donors (Lipinski definition) is 1. The van der Waals surface area contributed by atoms with E-state index in [0.29, 0.717) is 11.6 Å². The summed E-state index contributed by atoms with van der Waals surface area (Å²) < 4.78 is 5.50. The SMILES string of the molecule is CCCCN(C(=O)c1cc2ccccc2c(OC)n1)C1CC(C)(C)NC(C)(C)C1. The second-order valence-corrected chi connectivity index (χ2v) is 9.54. The van der Waals surface area contributed by atoms with Gasteiger partial charge >= 0.3 is 0 Å². The number of amides is 1. The van der Waals surface area contributed by atoms with Gasteiger partial charge in [-0.2, -0.15) is 0 Å². The highest BCUT2D eigenvalue weighted by Crippen LogP contribution is 2.33. The molecule has 0 unspecified atom stereocenters. The Morgan fingerprint density at radius 2 is 1.86 bits per heavy atom. The number of aromatic nitrogens is 1. The lowest BCUT2D eigenvalue weighted by atomic mass is 9.79. The Morgan fingerprint density at radius 3 is 2.48 bits per heavy atom. The first-order chi connectivity index (χ1) is 13.7. The highest BCUT2D eigenvalue weighted by atomic mass is 16.5. The number of fused-ring (bicyclic) bond motifs is 1. The summed E-state index contributed by atoms with van der Waals surface area (Å²) in [6.07, 6.45) is 3.89. The van der Waals surface area contributed by atoms with Gasteiger partial charge < -0.3 is 15.0 Å². The fraction of sp³-hybridized carbons (Fsp3) is 0.583. The van der Waals surface area contributed by atoms with Crippen molar-refractivity contribution < 1.29 is 9.53 Å². The number of piperidine rings is 1. The van der Waals surface area contributed by atoms with E-state index in [1.165, 1.54) is 0 Å². The van der Waals surface area contributed by atoms with Crippen molar-refractivity contribution in [1.29, 1.82) is 0 Å². The smallest absolute Gasteiger partial charge is 0.272 e. The van der Waals surface area contributed by atoms with Gasteiger partial charge in [0.05, 0.1) is 7.11 Å². The number of carbonyl (C=O) groups excluding carboxylic acids is 1. The molecule has 0 radical (unpaired) electrons. The maximum absolute atomic E-state index is 13.7. The fourth-order valence-electron chi connectivity index (χ4n) is 4.85. The second kappa shape index (κ2) is 8.31. The number of carbonyl (C=O) groups is 1. The van der Waals surface area contributed by atoms with Gasteiger partial charge in [-0.05, 0) is 64.5 Å². The van der Waals surface area contributed by atoms with Crippen molar-refractivity contribution in [2.24, 2.45) is 0 Å². The zero-order valence-electron chi connectivity index (χ0n) is 18.7. The van der Waals surface area contributed by atoms with Crippen LogP contribution in [0.2, 0.25) is 0 Å². The second-order valence-electron chi connectivity index (χ2n) is 9.54. The van der Waals surface area contributed by atoms with Gasteiger partial charge in [0.25, 0.3) is 5.91 Å². The Morgan fingerprint density at radius 1 is 1.21 bits per heavy atom. The van der Waals surface area contributed by atoms with Crippen LogP contribution in [-0.4, -0.2) is 46.6 Å². The third kappa shape index (κ3) is 4.89. The molecule has 1 fully saturated rings. The average Bonchev–Trinajstić information content (AvgIpc) is 2.64. The number of rotatable bonds is 6. The molecule has 2 heterocycles. The normalized spacial score (nSPS) is 18.6. The van der Waals surface area contributed by atoms with E-state index in [-0.39, 0.29) is 23.0 Å². The van der Waals surface area contributed by atoms with Gasteiger partial charge in [-0.1, -0.05) is 31.5 Å². The van der Waals surface area contributed by atoms with Crippen LogP contribution in [0.15, 0.2) is 30.3 Å². The summed E-state index contributed by atoms with van der Waals surface area (Å²) >= 11 is 0. The third-order valence-corrected chi connectivity index (χ3v) is 5.74. The van der Waals surface area contributed by atoms with Crippen LogP contribution in [0.4, 0.5) is 0 Å². The summed E-state index contributed by atoms with van der Waals surface area (Å²) in [5.74, 6) is 0.508. The first-order valence-corrected chi connectivity index (χ1v) is 10.7. The number of nitrogens with zero attached hydrogens (tertiary/aromatic N) is 2. The van der Waals surface area contributed by atoms with E-state index in [4.69, 9.17) is 4.74 Å². The average molecular weight is 398 g/mol. The molecule has 3 rings (SSSR count). The molecule has 1 aliphatic rings. The van der Waals surface area contributed by atoms with Crippen LogP contribution in [0, 0.1) is 0 Å². The fourth-order valence-corrected chi connectivity index (χ4v) is 4.85. The lowest BCUT2D eigenvalue weighted by Gasteiger charge is -2.49. The summed E-state index contributed by atoms with van der Waals surface area (Å²) in [7, 11) is 1.61. The van der Waals surface area contributed by atoms with Crippen LogP contribution in [0.1, 0.15) is 70.8 Å². The number of benzene rings is 1. The van der Waals surface area contributed by atoms with Gasteiger partial charge in [0.2, 0.25) is 5.88 Å².